The van der Waals surface area contributed by atoms with Crippen LogP contribution in [-0.4, -0.2) is 4.98 Å². The van der Waals surface area contributed by atoms with Crippen molar-refractivity contribution < 1.29 is 0 Å². The number of H-pyrrole nitrogens is 1. The zero-order chi connectivity index (χ0) is 23.4. The predicted molar refractivity (Wildman–Crippen MR) is 153 cm³/mol. The standard InChI is InChI=1S/C32H21BrN2/c33-30-20-27(19-29-28-11-5-6-12-31(28)34-32(29)30)35(25-15-13-21-7-1-3-9-23(21)17-25)26-16-14-22-8-2-4-10-24(22)18-26/h1-20,34H. The van der Waals surface area contributed by atoms with Crippen molar-refractivity contribution in [2.75, 3.05) is 4.90 Å². The first-order chi connectivity index (χ1) is 17.2. The van der Waals surface area contributed by atoms with Crippen LogP contribution in [0.4, 0.5) is 17.1 Å². The first-order valence-corrected chi connectivity index (χ1v) is 12.5. The smallest absolute Gasteiger partial charge is 0.0610 e. The Bertz CT molecular complexity index is 1800. The molecule has 0 amide bonds. The van der Waals surface area contributed by atoms with E-state index in [-0.39, 0.29) is 0 Å². The molecule has 166 valence electrons. The van der Waals surface area contributed by atoms with Crippen LogP contribution in [0, 0.1) is 0 Å². The Morgan fingerprint density at radius 2 is 1.06 bits per heavy atom. The molecule has 0 saturated heterocycles. The van der Waals surface area contributed by atoms with E-state index >= 15 is 0 Å². The maximum absolute atomic E-state index is 3.86. The average Bonchev–Trinajstić information content (AvgIpc) is 3.28. The number of aromatic amines is 1. The van der Waals surface area contributed by atoms with Crippen molar-refractivity contribution in [3.8, 4) is 0 Å². The van der Waals surface area contributed by atoms with Crippen LogP contribution in [0.3, 0.4) is 0 Å². The van der Waals surface area contributed by atoms with Crippen LogP contribution in [-0.2, 0) is 0 Å². The summed E-state index contributed by atoms with van der Waals surface area (Å²) in [5, 5.41) is 7.36. The summed E-state index contributed by atoms with van der Waals surface area (Å²) in [5.74, 6) is 0. The number of para-hydroxylation sites is 1. The molecule has 7 aromatic rings. The number of nitrogens with zero attached hydrogens (tertiary/aromatic N) is 1. The Kier molecular flexibility index (Phi) is 4.64. The van der Waals surface area contributed by atoms with E-state index in [9.17, 15) is 0 Å². The number of hydrogen-bond donors (Lipinski definition) is 1. The van der Waals surface area contributed by atoms with Crippen molar-refractivity contribution in [3.05, 3.63) is 126 Å². The fourth-order valence-corrected chi connectivity index (χ4v) is 5.65. The highest BCUT2D eigenvalue weighted by atomic mass is 79.9. The predicted octanol–water partition coefficient (Wildman–Crippen LogP) is 9.86. The number of halogens is 1. The maximum Gasteiger partial charge on any atom is 0.0610 e. The highest BCUT2D eigenvalue weighted by molar-refractivity contribution is 9.10. The van der Waals surface area contributed by atoms with E-state index in [1.54, 1.807) is 0 Å². The molecule has 0 aliphatic rings. The van der Waals surface area contributed by atoms with Gasteiger partial charge in [0, 0.05) is 37.8 Å². The zero-order valence-corrected chi connectivity index (χ0v) is 20.5. The minimum absolute atomic E-state index is 1.05. The van der Waals surface area contributed by atoms with E-state index in [0.29, 0.717) is 0 Å². The number of fused-ring (bicyclic) bond motifs is 5. The number of benzene rings is 6. The van der Waals surface area contributed by atoms with Crippen molar-refractivity contribution in [3.63, 3.8) is 0 Å². The van der Waals surface area contributed by atoms with Crippen LogP contribution in [0.15, 0.2) is 126 Å². The lowest BCUT2D eigenvalue weighted by molar-refractivity contribution is 1.30. The molecule has 0 unspecified atom stereocenters. The van der Waals surface area contributed by atoms with Gasteiger partial charge in [-0.3, -0.25) is 0 Å². The molecule has 6 aromatic carbocycles. The minimum Gasteiger partial charge on any atom is -0.354 e. The molecule has 0 spiro atoms. The fourth-order valence-electron chi connectivity index (χ4n) is 5.10. The summed E-state index contributed by atoms with van der Waals surface area (Å²) in [4.78, 5) is 5.93. The molecule has 0 radical (unpaired) electrons. The summed E-state index contributed by atoms with van der Waals surface area (Å²) in [6.45, 7) is 0. The Morgan fingerprint density at radius 3 is 1.71 bits per heavy atom. The SMILES string of the molecule is Brc1cc(N(c2ccc3ccccc3c2)c2ccc3ccccc3c2)cc2c1[nH]c1ccccc12. The van der Waals surface area contributed by atoms with Crippen LogP contribution < -0.4 is 4.90 Å². The Balaban J connectivity index is 1.51. The molecule has 0 saturated carbocycles. The molecule has 0 aliphatic carbocycles. The third-order valence-electron chi connectivity index (χ3n) is 6.79. The Hall–Kier alpha value is -4.08. The number of aromatic nitrogens is 1. The number of anilines is 3. The van der Waals surface area contributed by atoms with Gasteiger partial charge >= 0.3 is 0 Å². The van der Waals surface area contributed by atoms with Crippen molar-refractivity contribution in [1.82, 2.24) is 4.98 Å². The van der Waals surface area contributed by atoms with E-state index in [1.165, 1.54) is 32.3 Å². The van der Waals surface area contributed by atoms with Gasteiger partial charge in [-0.1, -0.05) is 78.9 Å². The molecule has 0 bridgehead atoms. The fraction of sp³-hybridized carbons (Fsp3) is 0. The minimum atomic E-state index is 1.05. The van der Waals surface area contributed by atoms with Gasteiger partial charge in [0.05, 0.1) is 5.52 Å². The van der Waals surface area contributed by atoms with E-state index in [1.807, 2.05) is 0 Å². The normalized spacial score (nSPS) is 11.6. The summed E-state index contributed by atoms with van der Waals surface area (Å²) >= 11 is 3.86. The van der Waals surface area contributed by atoms with Gasteiger partial charge in [0.15, 0.2) is 0 Å². The molecular formula is C32H21BrN2. The number of nitrogens with one attached hydrogen (secondary N) is 1. The quantitative estimate of drug-likeness (QED) is 0.249. The number of hydrogen-bond acceptors (Lipinski definition) is 1. The van der Waals surface area contributed by atoms with Crippen molar-refractivity contribution in [2.24, 2.45) is 0 Å². The van der Waals surface area contributed by atoms with E-state index < -0.39 is 0 Å². The summed E-state index contributed by atoms with van der Waals surface area (Å²) in [6, 6.07) is 43.4. The Labute approximate surface area is 211 Å². The second-order valence-corrected chi connectivity index (χ2v) is 9.77. The lowest BCUT2D eigenvalue weighted by atomic mass is 10.1. The van der Waals surface area contributed by atoms with Crippen LogP contribution in [0.25, 0.3) is 43.4 Å². The van der Waals surface area contributed by atoms with Gasteiger partial charge in [0.1, 0.15) is 0 Å². The van der Waals surface area contributed by atoms with Gasteiger partial charge in [-0.15, -0.1) is 0 Å². The second-order valence-electron chi connectivity index (χ2n) is 8.92. The molecule has 1 heterocycles. The van der Waals surface area contributed by atoms with Crippen molar-refractivity contribution >= 4 is 76.3 Å². The molecule has 0 fully saturated rings. The monoisotopic (exact) mass is 512 g/mol. The third-order valence-corrected chi connectivity index (χ3v) is 7.42. The third kappa shape index (κ3) is 3.39. The van der Waals surface area contributed by atoms with E-state index in [0.717, 1.165) is 32.6 Å². The molecule has 7 rings (SSSR count). The largest absolute Gasteiger partial charge is 0.354 e. The first-order valence-electron chi connectivity index (χ1n) is 11.7. The van der Waals surface area contributed by atoms with Crippen LogP contribution in [0.2, 0.25) is 0 Å². The molecule has 1 aromatic heterocycles. The first kappa shape index (κ1) is 20.3. The van der Waals surface area contributed by atoms with Crippen LogP contribution >= 0.6 is 15.9 Å². The molecule has 1 N–H and O–H groups in total. The van der Waals surface area contributed by atoms with E-state index in [4.69, 9.17) is 0 Å². The van der Waals surface area contributed by atoms with Crippen molar-refractivity contribution in [2.45, 2.75) is 0 Å². The van der Waals surface area contributed by atoms with Crippen molar-refractivity contribution in [1.29, 1.82) is 0 Å². The molecule has 0 aliphatic heterocycles. The van der Waals surface area contributed by atoms with Gasteiger partial charge in [0.2, 0.25) is 0 Å². The lowest BCUT2D eigenvalue weighted by Gasteiger charge is -2.26. The van der Waals surface area contributed by atoms with Gasteiger partial charge in [0.25, 0.3) is 0 Å². The van der Waals surface area contributed by atoms with Gasteiger partial charge in [-0.05, 0) is 79.9 Å². The zero-order valence-electron chi connectivity index (χ0n) is 18.9. The average molecular weight is 513 g/mol. The van der Waals surface area contributed by atoms with Crippen LogP contribution in [0.5, 0.6) is 0 Å². The molecule has 35 heavy (non-hydrogen) atoms. The number of rotatable bonds is 3. The van der Waals surface area contributed by atoms with Crippen LogP contribution in [0.1, 0.15) is 0 Å². The molecular weight excluding hydrogens is 492 g/mol. The molecule has 3 heteroatoms. The maximum atomic E-state index is 3.86. The molecule has 0 atom stereocenters. The molecule has 2 nitrogen and oxygen atoms in total. The van der Waals surface area contributed by atoms with Gasteiger partial charge in [-0.25, -0.2) is 0 Å². The van der Waals surface area contributed by atoms with E-state index in [2.05, 4.69) is 147 Å². The summed E-state index contributed by atoms with van der Waals surface area (Å²) < 4.78 is 1.05. The highest BCUT2D eigenvalue weighted by Crippen LogP contribution is 2.42. The van der Waals surface area contributed by atoms with Gasteiger partial charge in [-0.2, -0.15) is 0 Å². The highest BCUT2D eigenvalue weighted by Gasteiger charge is 2.17. The summed E-state index contributed by atoms with van der Waals surface area (Å²) in [6.07, 6.45) is 0. The topological polar surface area (TPSA) is 19.0 Å². The summed E-state index contributed by atoms with van der Waals surface area (Å²) in [5.41, 5.74) is 5.63. The summed E-state index contributed by atoms with van der Waals surface area (Å²) in [7, 11) is 0. The Morgan fingerprint density at radius 1 is 0.486 bits per heavy atom. The lowest BCUT2D eigenvalue weighted by Crippen LogP contribution is -2.10. The van der Waals surface area contributed by atoms with Gasteiger partial charge < -0.3 is 9.88 Å². The second kappa shape index (κ2) is 8.00.